The van der Waals surface area contributed by atoms with Crippen molar-refractivity contribution in [2.75, 3.05) is 0 Å². The van der Waals surface area contributed by atoms with Gasteiger partial charge in [0.25, 0.3) is 0 Å². The van der Waals surface area contributed by atoms with Gasteiger partial charge in [0.05, 0.1) is 11.6 Å². The topological polar surface area (TPSA) is 76.7 Å². The highest BCUT2D eigenvalue weighted by molar-refractivity contribution is 7.80. The van der Waals surface area contributed by atoms with Gasteiger partial charge in [0, 0.05) is 5.41 Å². The van der Waals surface area contributed by atoms with Crippen LogP contribution in [0.4, 0.5) is 0 Å². The van der Waals surface area contributed by atoms with Gasteiger partial charge in [-0.25, -0.2) is 0 Å². The molecule has 88 valence electrons. The Kier molecular flexibility index (Phi) is 3.10. The average molecular weight is 247 g/mol. The summed E-state index contributed by atoms with van der Waals surface area (Å²) in [5.74, 6) is 1.30. The lowest BCUT2D eigenvalue weighted by molar-refractivity contribution is -0.126. The molecule has 1 amide bonds. The minimum atomic E-state index is -0.734. The molecule has 1 spiro atoms. The van der Waals surface area contributed by atoms with E-state index in [4.69, 9.17) is 17.6 Å². The Morgan fingerprint density at radius 3 is 2.59 bits per heavy atom. The molecule has 0 aromatic heterocycles. The van der Waals surface area contributed by atoms with Gasteiger partial charge in [0.2, 0.25) is 5.91 Å². The first kappa shape index (κ1) is 12.0. The summed E-state index contributed by atoms with van der Waals surface area (Å²) in [6.07, 6.45) is 4.55. The van der Waals surface area contributed by atoms with E-state index < -0.39 is 11.3 Å². The van der Waals surface area contributed by atoms with E-state index in [-0.39, 0.29) is 10.9 Å². The van der Waals surface area contributed by atoms with Crippen molar-refractivity contribution in [2.24, 2.45) is 11.3 Å². The molecule has 2 fully saturated rings. The van der Waals surface area contributed by atoms with E-state index in [1.54, 1.807) is 0 Å². The van der Waals surface area contributed by atoms with Gasteiger partial charge < -0.3 is 5.32 Å². The quantitative estimate of drug-likeness (QED) is 0.388. The molecule has 17 heavy (non-hydrogen) atoms. The van der Waals surface area contributed by atoms with Gasteiger partial charge in [-0.1, -0.05) is 31.5 Å². The number of amides is 1. The van der Waals surface area contributed by atoms with Crippen LogP contribution < -0.4 is 5.32 Å². The molecule has 0 aromatic rings. The molecule has 1 saturated carbocycles. The van der Waals surface area contributed by atoms with Gasteiger partial charge in [-0.3, -0.25) is 10.2 Å². The third-order valence-corrected chi connectivity index (χ3v) is 4.08. The second-order valence-electron chi connectivity index (χ2n) is 4.60. The van der Waals surface area contributed by atoms with Crippen molar-refractivity contribution in [1.82, 2.24) is 5.32 Å². The lowest BCUT2D eigenvalue weighted by Crippen LogP contribution is -2.53. The van der Waals surface area contributed by atoms with Crippen LogP contribution in [0.2, 0.25) is 0 Å². The fraction of sp³-hybridized carbons (Fsp3) is 0.583. The van der Waals surface area contributed by atoms with E-state index in [0.29, 0.717) is 5.57 Å². The largest absolute Gasteiger partial charge is 0.315 e. The fourth-order valence-electron chi connectivity index (χ4n) is 2.95. The number of carbonyl (C=O) groups is 1. The van der Waals surface area contributed by atoms with Crippen LogP contribution in [0.3, 0.4) is 0 Å². The highest BCUT2D eigenvalue weighted by Crippen LogP contribution is 2.49. The maximum Gasteiger partial charge on any atom is 0.243 e. The number of nitriles is 1. The van der Waals surface area contributed by atoms with Gasteiger partial charge in [0.1, 0.15) is 10.9 Å². The van der Waals surface area contributed by atoms with Gasteiger partial charge >= 0.3 is 0 Å². The van der Waals surface area contributed by atoms with Crippen molar-refractivity contribution in [1.29, 1.82) is 10.7 Å². The maximum atomic E-state index is 11.8. The van der Waals surface area contributed by atoms with E-state index in [2.05, 4.69) is 17.3 Å². The summed E-state index contributed by atoms with van der Waals surface area (Å²) >= 11 is 5.10. The van der Waals surface area contributed by atoms with Gasteiger partial charge in [-0.05, 0) is 18.7 Å². The molecular weight excluding hydrogens is 234 g/mol. The van der Waals surface area contributed by atoms with Crippen molar-refractivity contribution in [3.63, 3.8) is 0 Å². The van der Waals surface area contributed by atoms with Crippen LogP contribution in [-0.2, 0) is 4.79 Å². The smallest absolute Gasteiger partial charge is 0.243 e. The number of carbonyl (C=O) groups excluding carboxylic acids is 1. The zero-order valence-electron chi connectivity index (χ0n) is 9.38. The van der Waals surface area contributed by atoms with Gasteiger partial charge in [-0.2, -0.15) is 5.26 Å². The second-order valence-corrected chi connectivity index (χ2v) is 5.01. The normalized spacial score (nSPS) is 27.2. The van der Waals surface area contributed by atoms with Crippen molar-refractivity contribution < 1.29 is 4.79 Å². The van der Waals surface area contributed by atoms with Crippen LogP contribution in [0.15, 0.2) is 5.57 Å². The van der Waals surface area contributed by atoms with Gasteiger partial charge in [-0.15, -0.1) is 0 Å². The highest BCUT2D eigenvalue weighted by Gasteiger charge is 2.51. The zero-order chi connectivity index (χ0) is 12.5. The lowest BCUT2D eigenvalue weighted by Gasteiger charge is -2.43. The Morgan fingerprint density at radius 2 is 2.06 bits per heavy atom. The molecule has 2 rings (SSSR count). The van der Waals surface area contributed by atoms with Crippen LogP contribution in [0.25, 0.3) is 0 Å². The van der Waals surface area contributed by atoms with Crippen molar-refractivity contribution >= 4 is 29.0 Å². The summed E-state index contributed by atoms with van der Waals surface area (Å²) in [5, 5.41) is 19.1. The molecule has 1 aliphatic heterocycles. The Bertz CT molecular complexity index is 465. The zero-order valence-corrected chi connectivity index (χ0v) is 10.2. The van der Waals surface area contributed by atoms with E-state index >= 15 is 0 Å². The predicted molar refractivity (Wildman–Crippen MR) is 66.6 cm³/mol. The van der Waals surface area contributed by atoms with Crippen LogP contribution in [-0.4, -0.2) is 16.8 Å². The average Bonchev–Trinajstić information content (AvgIpc) is 2.30. The third-order valence-electron chi connectivity index (χ3n) is 3.78. The summed E-state index contributed by atoms with van der Waals surface area (Å²) in [4.78, 5) is 12.1. The molecule has 2 N–H and O–H groups in total. The third kappa shape index (κ3) is 1.70. The monoisotopic (exact) mass is 247 g/mol. The first-order valence-corrected chi connectivity index (χ1v) is 6.11. The van der Waals surface area contributed by atoms with E-state index in [9.17, 15) is 10.1 Å². The minimum Gasteiger partial charge on any atom is -0.315 e. The highest BCUT2D eigenvalue weighted by atomic mass is 32.1. The number of nitrogens with zero attached hydrogens (tertiary/aromatic N) is 1. The van der Waals surface area contributed by atoms with Crippen molar-refractivity contribution in [3.8, 4) is 6.07 Å². The van der Waals surface area contributed by atoms with Crippen molar-refractivity contribution in [2.45, 2.75) is 32.1 Å². The van der Waals surface area contributed by atoms with E-state index in [1.807, 2.05) is 0 Å². The van der Waals surface area contributed by atoms with Gasteiger partial charge in [0.15, 0.2) is 0 Å². The van der Waals surface area contributed by atoms with Crippen LogP contribution >= 0.6 is 12.2 Å². The summed E-state index contributed by atoms with van der Waals surface area (Å²) in [6, 6.07) is 2.08. The Balaban J connectivity index is 2.53. The Morgan fingerprint density at radius 1 is 1.41 bits per heavy atom. The van der Waals surface area contributed by atoms with Crippen LogP contribution in [0, 0.1) is 28.1 Å². The Hall–Kier alpha value is -1.50. The maximum absolute atomic E-state index is 11.8. The molecule has 1 saturated heterocycles. The molecule has 5 heteroatoms. The van der Waals surface area contributed by atoms with E-state index in [0.717, 1.165) is 32.1 Å². The molecule has 0 bridgehead atoms. The molecule has 0 radical (unpaired) electrons. The van der Waals surface area contributed by atoms with Crippen LogP contribution in [0.5, 0.6) is 0 Å². The second kappa shape index (κ2) is 4.40. The summed E-state index contributed by atoms with van der Waals surface area (Å²) in [6.45, 7) is 0. The number of nitrogens with one attached hydrogen (secondary N) is 2. The SMILES string of the molecule is N#CC1C(=O)NC(=S)C(=C=N)C12CCCCC2. The minimum absolute atomic E-state index is 0.276. The summed E-state index contributed by atoms with van der Waals surface area (Å²) < 4.78 is 0. The molecule has 4 nitrogen and oxygen atoms in total. The molecule has 2 aliphatic rings. The first-order valence-electron chi connectivity index (χ1n) is 5.70. The standard InChI is InChI=1S/C12H13N3OS/c13-6-8-10(16)15-11(17)9(7-14)12(8)4-2-1-3-5-12/h8,14H,1-5H2,(H,15,16,17). The molecule has 1 aliphatic carbocycles. The summed E-state index contributed by atoms with van der Waals surface area (Å²) in [7, 11) is 0. The van der Waals surface area contributed by atoms with Crippen LogP contribution in [0.1, 0.15) is 32.1 Å². The lowest BCUT2D eigenvalue weighted by atomic mass is 9.60. The molecular formula is C12H13N3OS. The Labute approximate surface area is 105 Å². The number of rotatable bonds is 0. The fourth-order valence-corrected chi connectivity index (χ4v) is 3.31. The predicted octanol–water partition coefficient (Wildman–Crippen LogP) is 1.71. The number of piperidine rings is 1. The summed E-state index contributed by atoms with van der Waals surface area (Å²) in [5.41, 5.74) is -0.0212. The molecule has 0 aromatic carbocycles. The van der Waals surface area contributed by atoms with E-state index in [1.165, 1.54) is 0 Å². The van der Waals surface area contributed by atoms with Crippen molar-refractivity contribution in [3.05, 3.63) is 5.57 Å². The number of hydrogen-bond acceptors (Lipinski definition) is 4. The molecule has 1 unspecified atom stereocenters. The molecule has 1 heterocycles. The first-order chi connectivity index (χ1) is 8.15. The number of hydrogen-bond donors (Lipinski definition) is 2. The number of thiocarbonyl (C=S) groups is 1. The molecule has 1 atom stereocenters.